The second kappa shape index (κ2) is 12.1. The minimum Gasteiger partial charge on any atom is -0.480 e. The number of unbranched alkanes of at least 4 members (excludes halogenated alkanes) is 7. The van der Waals surface area contributed by atoms with E-state index in [1.165, 1.54) is 12.1 Å². The summed E-state index contributed by atoms with van der Waals surface area (Å²) >= 11 is 2.06. The van der Waals surface area contributed by atoms with E-state index in [0.717, 1.165) is 42.1 Å². The van der Waals surface area contributed by atoms with Crippen molar-refractivity contribution < 1.29 is 24.6 Å². The standard InChI is InChI=1S/C20H28INO5/c21-16-11-9-15(10-12-16)17(23)20(18(24)25,19(26)27)13-7-5-3-1-2-4-6-8-14-22/h9-12H,1-8,13-14,22H2,(H,24,25)(H,26,27). The van der Waals surface area contributed by atoms with Crippen molar-refractivity contribution in [3.8, 4) is 0 Å². The first-order valence-corrected chi connectivity index (χ1v) is 10.4. The molecule has 7 heteroatoms. The van der Waals surface area contributed by atoms with Crippen molar-refractivity contribution in [2.45, 2.75) is 57.8 Å². The third-order valence-corrected chi connectivity index (χ3v) is 5.45. The van der Waals surface area contributed by atoms with Crippen molar-refractivity contribution >= 4 is 40.3 Å². The number of benzene rings is 1. The van der Waals surface area contributed by atoms with E-state index >= 15 is 0 Å². The molecule has 0 aliphatic carbocycles. The van der Waals surface area contributed by atoms with Crippen LogP contribution in [0.15, 0.2) is 24.3 Å². The fourth-order valence-electron chi connectivity index (χ4n) is 3.06. The summed E-state index contributed by atoms with van der Waals surface area (Å²) < 4.78 is 0.881. The molecular weight excluding hydrogens is 461 g/mol. The minimum absolute atomic E-state index is 0.111. The van der Waals surface area contributed by atoms with Gasteiger partial charge >= 0.3 is 11.9 Å². The third kappa shape index (κ3) is 6.88. The highest BCUT2D eigenvalue weighted by Crippen LogP contribution is 2.31. The van der Waals surface area contributed by atoms with Crippen LogP contribution in [0.3, 0.4) is 0 Å². The van der Waals surface area contributed by atoms with Gasteiger partial charge in [-0.15, -0.1) is 0 Å². The van der Waals surface area contributed by atoms with E-state index in [-0.39, 0.29) is 12.0 Å². The van der Waals surface area contributed by atoms with Gasteiger partial charge in [0.1, 0.15) is 0 Å². The van der Waals surface area contributed by atoms with Gasteiger partial charge in [0.15, 0.2) is 5.78 Å². The van der Waals surface area contributed by atoms with Gasteiger partial charge in [-0.2, -0.15) is 0 Å². The third-order valence-electron chi connectivity index (χ3n) is 4.73. The molecule has 27 heavy (non-hydrogen) atoms. The van der Waals surface area contributed by atoms with Crippen LogP contribution < -0.4 is 5.73 Å². The Labute approximate surface area is 173 Å². The molecule has 0 radical (unpaired) electrons. The van der Waals surface area contributed by atoms with E-state index in [1.54, 1.807) is 12.1 Å². The first-order chi connectivity index (χ1) is 12.9. The molecule has 0 aromatic heterocycles. The number of aliphatic carboxylic acids is 2. The molecule has 0 saturated heterocycles. The quantitative estimate of drug-likeness (QED) is 0.157. The summed E-state index contributed by atoms with van der Waals surface area (Å²) in [5.41, 5.74) is 3.14. The zero-order valence-corrected chi connectivity index (χ0v) is 17.6. The van der Waals surface area contributed by atoms with Crippen molar-refractivity contribution in [1.29, 1.82) is 0 Å². The van der Waals surface area contributed by atoms with E-state index < -0.39 is 23.1 Å². The van der Waals surface area contributed by atoms with Gasteiger partial charge in [0.2, 0.25) is 5.41 Å². The molecule has 0 bridgehead atoms. The van der Waals surface area contributed by atoms with Gasteiger partial charge in [-0.05, 0) is 54.1 Å². The highest BCUT2D eigenvalue weighted by atomic mass is 127. The molecule has 6 nitrogen and oxygen atoms in total. The summed E-state index contributed by atoms with van der Waals surface area (Å²) in [4.78, 5) is 36.3. The second-order valence-electron chi connectivity index (χ2n) is 6.72. The van der Waals surface area contributed by atoms with Crippen molar-refractivity contribution in [3.63, 3.8) is 0 Å². The van der Waals surface area contributed by atoms with Crippen LogP contribution in [-0.4, -0.2) is 34.5 Å². The van der Waals surface area contributed by atoms with Crippen LogP contribution in [0.4, 0.5) is 0 Å². The van der Waals surface area contributed by atoms with E-state index in [4.69, 9.17) is 5.73 Å². The first kappa shape index (κ1) is 23.6. The minimum atomic E-state index is -2.42. The predicted octanol–water partition coefficient (Wildman–Crippen LogP) is 4.10. The van der Waals surface area contributed by atoms with Crippen molar-refractivity contribution in [2.75, 3.05) is 6.54 Å². The number of halogens is 1. The number of Topliss-reactive ketones (excluding diaryl/α,β-unsaturated/α-hetero) is 1. The van der Waals surface area contributed by atoms with Gasteiger partial charge in [-0.25, -0.2) is 0 Å². The first-order valence-electron chi connectivity index (χ1n) is 9.33. The maximum Gasteiger partial charge on any atom is 0.329 e. The van der Waals surface area contributed by atoms with Crippen LogP contribution in [0, 0.1) is 8.99 Å². The molecule has 0 saturated carbocycles. The van der Waals surface area contributed by atoms with Crippen LogP contribution >= 0.6 is 22.6 Å². The number of carboxylic acid groups (broad SMARTS) is 2. The lowest BCUT2D eigenvalue weighted by molar-refractivity contribution is -0.160. The zero-order valence-electron chi connectivity index (χ0n) is 15.5. The van der Waals surface area contributed by atoms with Crippen LogP contribution in [0.25, 0.3) is 0 Å². The van der Waals surface area contributed by atoms with Gasteiger partial charge in [0.05, 0.1) is 0 Å². The average Bonchev–Trinajstić information content (AvgIpc) is 2.63. The summed E-state index contributed by atoms with van der Waals surface area (Å²) in [7, 11) is 0. The Morgan fingerprint density at radius 3 is 1.70 bits per heavy atom. The van der Waals surface area contributed by atoms with E-state index in [1.807, 2.05) is 0 Å². The van der Waals surface area contributed by atoms with Gasteiger partial charge in [0, 0.05) is 9.13 Å². The Balaban J connectivity index is 2.67. The molecule has 0 aliphatic heterocycles. The van der Waals surface area contributed by atoms with Crippen LogP contribution in [0.5, 0.6) is 0 Å². The maximum atomic E-state index is 12.8. The number of hydrogen-bond acceptors (Lipinski definition) is 4. The van der Waals surface area contributed by atoms with Crippen molar-refractivity contribution in [3.05, 3.63) is 33.4 Å². The molecule has 1 rings (SSSR count). The summed E-state index contributed by atoms with van der Waals surface area (Å²) in [5.74, 6) is -4.05. The Hall–Kier alpha value is -1.48. The van der Waals surface area contributed by atoms with E-state index in [9.17, 15) is 24.6 Å². The molecule has 0 aliphatic rings. The molecule has 1 aromatic carbocycles. The topological polar surface area (TPSA) is 118 Å². The van der Waals surface area contributed by atoms with Gasteiger partial charge < -0.3 is 15.9 Å². The fraction of sp³-hybridized carbons (Fsp3) is 0.550. The molecule has 0 heterocycles. The summed E-state index contributed by atoms with van der Waals surface area (Å²) in [6.07, 6.45) is 7.16. The number of carboxylic acids is 2. The predicted molar refractivity (Wildman–Crippen MR) is 112 cm³/mol. The molecule has 0 amide bonds. The van der Waals surface area contributed by atoms with E-state index in [0.29, 0.717) is 19.4 Å². The van der Waals surface area contributed by atoms with Crippen LogP contribution in [0.1, 0.15) is 68.1 Å². The molecule has 0 atom stereocenters. The Morgan fingerprint density at radius 2 is 1.26 bits per heavy atom. The number of carbonyl (C=O) groups excluding carboxylic acids is 1. The zero-order chi connectivity index (χ0) is 20.3. The number of carbonyl (C=O) groups is 3. The van der Waals surface area contributed by atoms with Gasteiger partial charge in [-0.3, -0.25) is 14.4 Å². The number of nitrogens with two attached hydrogens (primary N) is 1. The van der Waals surface area contributed by atoms with Crippen molar-refractivity contribution in [2.24, 2.45) is 11.1 Å². The molecule has 0 spiro atoms. The molecule has 150 valence electrons. The van der Waals surface area contributed by atoms with Gasteiger partial charge in [0.25, 0.3) is 0 Å². The number of rotatable bonds is 14. The number of hydrogen-bond donors (Lipinski definition) is 3. The van der Waals surface area contributed by atoms with Crippen LogP contribution in [0.2, 0.25) is 0 Å². The second-order valence-corrected chi connectivity index (χ2v) is 7.96. The fourth-order valence-corrected chi connectivity index (χ4v) is 3.42. The molecule has 4 N–H and O–H groups in total. The molecule has 1 aromatic rings. The summed E-state index contributed by atoms with van der Waals surface area (Å²) in [6.45, 7) is 0.709. The summed E-state index contributed by atoms with van der Waals surface area (Å²) in [6, 6.07) is 6.28. The van der Waals surface area contributed by atoms with Crippen LogP contribution in [-0.2, 0) is 9.59 Å². The lowest BCUT2D eigenvalue weighted by Crippen LogP contribution is -2.46. The highest BCUT2D eigenvalue weighted by Gasteiger charge is 2.53. The number of ketones is 1. The lowest BCUT2D eigenvalue weighted by atomic mass is 9.76. The monoisotopic (exact) mass is 489 g/mol. The molecule has 0 unspecified atom stereocenters. The van der Waals surface area contributed by atoms with Gasteiger partial charge in [-0.1, -0.05) is 57.1 Å². The largest absolute Gasteiger partial charge is 0.480 e. The Kier molecular flexibility index (Phi) is 10.5. The van der Waals surface area contributed by atoms with Crippen molar-refractivity contribution in [1.82, 2.24) is 0 Å². The lowest BCUT2D eigenvalue weighted by Gasteiger charge is -2.23. The highest BCUT2D eigenvalue weighted by molar-refractivity contribution is 14.1. The Morgan fingerprint density at radius 1 is 0.815 bits per heavy atom. The smallest absolute Gasteiger partial charge is 0.329 e. The average molecular weight is 489 g/mol. The molecule has 0 fully saturated rings. The molecular formula is C20H28INO5. The maximum absolute atomic E-state index is 12.8. The summed E-state index contributed by atoms with van der Waals surface area (Å²) in [5, 5.41) is 19.2. The Bertz CT molecular complexity index is 616. The SMILES string of the molecule is NCCCCCCCCCCC(C(=O)O)(C(=O)O)C(=O)c1ccc(I)cc1. The normalized spacial score (nSPS) is 11.3. The van der Waals surface area contributed by atoms with E-state index in [2.05, 4.69) is 22.6 Å².